The van der Waals surface area contributed by atoms with Gasteiger partial charge in [-0.1, -0.05) is 45.0 Å². The Kier molecular flexibility index (Phi) is 5.78. The molecule has 1 heterocycles. The van der Waals surface area contributed by atoms with Gasteiger partial charge in [0.15, 0.2) is 0 Å². The maximum Gasteiger partial charge on any atom is 0.251 e. The van der Waals surface area contributed by atoms with Crippen molar-refractivity contribution in [1.29, 1.82) is 0 Å². The summed E-state index contributed by atoms with van der Waals surface area (Å²) in [5.74, 6) is 1.36. The van der Waals surface area contributed by atoms with Crippen LogP contribution in [0.4, 0.5) is 5.69 Å². The summed E-state index contributed by atoms with van der Waals surface area (Å²) < 4.78 is 11.0. The minimum absolute atomic E-state index is 0.0830. The molecule has 0 aliphatic heterocycles. The Morgan fingerprint density at radius 1 is 1.07 bits per heavy atom. The van der Waals surface area contributed by atoms with Crippen LogP contribution in [0, 0.1) is 0 Å². The molecule has 0 atom stereocenters. The van der Waals surface area contributed by atoms with Gasteiger partial charge >= 0.3 is 0 Å². The number of rotatable bonds is 6. The highest BCUT2D eigenvalue weighted by atomic mass is 16.5. The van der Waals surface area contributed by atoms with Crippen molar-refractivity contribution in [3.8, 4) is 17.2 Å². The summed E-state index contributed by atoms with van der Waals surface area (Å²) in [4.78, 5) is 12.2. The normalized spacial score (nSPS) is 11.3. The number of methoxy groups -OCH3 is 1. The molecule has 0 saturated carbocycles. The number of para-hydroxylation sites is 1. The molecule has 0 saturated heterocycles. The minimum atomic E-state index is -0.0967. The topological polar surface area (TPSA) is 77.2 Å². The van der Waals surface area contributed by atoms with Gasteiger partial charge in [-0.05, 0) is 35.2 Å². The van der Waals surface area contributed by atoms with Gasteiger partial charge in [-0.25, -0.2) is 0 Å². The quantitative estimate of drug-likeness (QED) is 0.676. The van der Waals surface area contributed by atoms with Crippen molar-refractivity contribution in [3.05, 3.63) is 60.0 Å². The van der Waals surface area contributed by atoms with Gasteiger partial charge in [0.2, 0.25) is 11.8 Å². The Morgan fingerprint density at radius 3 is 2.46 bits per heavy atom. The number of aryl methyl sites for hydroxylation is 1. The second kappa shape index (κ2) is 8.25. The van der Waals surface area contributed by atoms with Gasteiger partial charge in [-0.3, -0.25) is 4.79 Å². The number of benzene rings is 2. The van der Waals surface area contributed by atoms with E-state index in [9.17, 15) is 4.79 Å². The summed E-state index contributed by atoms with van der Waals surface area (Å²) in [7, 11) is 1.59. The number of carbonyl (C=O) groups excluding carboxylic acids is 1. The third kappa shape index (κ3) is 4.76. The SMILES string of the molecule is COc1ccccc1-c1nnc(CCC(=O)Nc2ccc(C(C)(C)C)cc2)o1. The Morgan fingerprint density at radius 2 is 1.79 bits per heavy atom. The highest BCUT2D eigenvalue weighted by Crippen LogP contribution is 2.28. The summed E-state index contributed by atoms with van der Waals surface area (Å²) in [6.07, 6.45) is 0.628. The van der Waals surface area contributed by atoms with Crippen LogP contribution in [0.2, 0.25) is 0 Å². The van der Waals surface area contributed by atoms with Crippen LogP contribution in [0.3, 0.4) is 0 Å². The average Bonchev–Trinajstić information content (AvgIpc) is 3.15. The molecule has 3 aromatic rings. The lowest BCUT2D eigenvalue weighted by molar-refractivity contribution is -0.116. The Bertz CT molecular complexity index is 940. The zero-order chi connectivity index (χ0) is 20.1. The lowest BCUT2D eigenvalue weighted by atomic mass is 9.87. The van der Waals surface area contributed by atoms with Crippen molar-refractivity contribution >= 4 is 11.6 Å². The number of carbonyl (C=O) groups is 1. The molecule has 0 fully saturated rings. The van der Waals surface area contributed by atoms with Crippen molar-refractivity contribution in [2.24, 2.45) is 0 Å². The van der Waals surface area contributed by atoms with Crippen LogP contribution in [0.15, 0.2) is 52.9 Å². The molecule has 6 heteroatoms. The molecule has 6 nitrogen and oxygen atoms in total. The van der Waals surface area contributed by atoms with E-state index in [1.54, 1.807) is 7.11 Å². The third-order valence-electron chi connectivity index (χ3n) is 4.40. The number of ether oxygens (including phenoxy) is 1. The largest absolute Gasteiger partial charge is 0.496 e. The number of nitrogens with one attached hydrogen (secondary N) is 1. The number of hydrogen-bond donors (Lipinski definition) is 1. The Labute approximate surface area is 164 Å². The smallest absolute Gasteiger partial charge is 0.251 e. The number of amides is 1. The summed E-state index contributed by atoms with van der Waals surface area (Å²) in [5.41, 5.74) is 2.81. The second-order valence-corrected chi connectivity index (χ2v) is 7.58. The van der Waals surface area contributed by atoms with Crippen LogP contribution in [-0.2, 0) is 16.6 Å². The molecule has 2 aromatic carbocycles. The zero-order valence-electron chi connectivity index (χ0n) is 16.7. The van der Waals surface area contributed by atoms with E-state index >= 15 is 0 Å². The first-order valence-electron chi connectivity index (χ1n) is 9.23. The Balaban J connectivity index is 1.57. The molecule has 0 spiro atoms. The average molecular weight is 379 g/mol. The predicted octanol–water partition coefficient (Wildman–Crippen LogP) is 4.61. The molecule has 0 radical (unpaired) electrons. The van der Waals surface area contributed by atoms with Crippen LogP contribution >= 0.6 is 0 Å². The molecule has 1 amide bonds. The van der Waals surface area contributed by atoms with Crippen LogP contribution in [-0.4, -0.2) is 23.2 Å². The molecule has 1 aromatic heterocycles. The first kappa shape index (κ1) is 19.6. The monoisotopic (exact) mass is 379 g/mol. The highest BCUT2D eigenvalue weighted by Gasteiger charge is 2.15. The van der Waals surface area contributed by atoms with Gasteiger partial charge in [-0.2, -0.15) is 0 Å². The van der Waals surface area contributed by atoms with Gasteiger partial charge in [-0.15, -0.1) is 10.2 Å². The van der Waals surface area contributed by atoms with Crippen molar-refractivity contribution in [2.45, 2.75) is 39.0 Å². The van der Waals surface area contributed by atoms with Gasteiger partial charge in [0.05, 0.1) is 12.7 Å². The van der Waals surface area contributed by atoms with E-state index in [1.807, 2.05) is 48.5 Å². The number of hydrogen-bond acceptors (Lipinski definition) is 5. The van der Waals surface area contributed by atoms with Crippen molar-refractivity contribution in [2.75, 3.05) is 12.4 Å². The molecule has 0 bridgehead atoms. The fourth-order valence-corrected chi connectivity index (χ4v) is 2.78. The first-order chi connectivity index (χ1) is 13.4. The van der Waals surface area contributed by atoms with E-state index in [4.69, 9.17) is 9.15 Å². The van der Waals surface area contributed by atoms with E-state index in [0.717, 1.165) is 11.3 Å². The molecule has 146 valence electrons. The summed E-state index contributed by atoms with van der Waals surface area (Å²) in [6, 6.07) is 15.3. The standard InChI is InChI=1S/C22H25N3O3/c1-22(2,3)15-9-11-16(12-10-15)23-19(26)13-14-20-24-25-21(28-20)17-7-5-6-8-18(17)27-4/h5-12H,13-14H2,1-4H3,(H,23,26). The zero-order valence-corrected chi connectivity index (χ0v) is 16.7. The van der Waals surface area contributed by atoms with Crippen LogP contribution in [0.1, 0.15) is 38.6 Å². The van der Waals surface area contributed by atoms with E-state index in [1.165, 1.54) is 5.56 Å². The second-order valence-electron chi connectivity index (χ2n) is 7.58. The van der Waals surface area contributed by atoms with Gasteiger partial charge < -0.3 is 14.5 Å². The minimum Gasteiger partial charge on any atom is -0.496 e. The highest BCUT2D eigenvalue weighted by molar-refractivity contribution is 5.90. The lowest BCUT2D eigenvalue weighted by Crippen LogP contribution is -2.14. The molecule has 0 aliphatic carbocycles. The van der Waals surface area contributed by atoms with Gasteiger partial charge in [0, 0.05) is 18.5 Å². The molecular formula is C22H25N3O3. The van der Waals surface area contributed by atoms with E-state index in [-0.39, 0.29) is 17.7 Å². The summed E-state index contributed by atoms with van der Waals surface area (Å²) >= 11 is 0. The maximum absolute atomic E-state index is 12.2. The van der Waals surface area contributed by atoms with Crippen LogP contribution in [0.5, 0.6) is 5.75 Å². The fourth-order valence-electron chi connectivity index (χ4n) is 2.78. The van der Waals surface area contributed by atoms with Crippen molar-refractivity contribution < 1.29 is 13.9 Å². The molecule has 28 heavy (non-hydrogen) atoms. The van der Waals surface area contributed by atoms with Crippen LogP contribution < -0.4 is 10.1 Å². The van der Waals surface area contributed by atoms with E-state index in [2.05, 4.69) is 36.3 Å². The molecular weight excluding hydrogens is 354 g/mol. The molecule has 3 rings (SSSR count). The number of anilines is 1. The van der Waals surface area contributed by atoms with E-state index < -0.39 is 0 Å². The fraction of sp³-hybridized carbons (Fsp3) is 0.318. The first-order valence-corrected chi connectivity index (χ1v) is 9.23. The lowest BCUT2D eigenvalue weighted by Gasteiger charge is -2.19. The number of aromatic nitrogens is 2. The van der Waals surface area contributed by atoms with Gasteiger partial charge in [0.1, 0.15) is 5.75 Å². The number of nitrogens with zero attached hydrogens (tertiary/aromatic N) is 2. The van der Waals surface area contributed by atoms with Crippen molar-refractivity contribution in [1.82, 2.24) is 10.2 Å². The Hall–Kier alpha value is -3.15. The predicted molar refractivity (Wildman–Crippen MR) is 108 cm³/mol. The van der Waals surface area contributed by atoms with Gasteiger partial charge in [0.25, 0.3) is 5.89 Å². The van der Waals surface area contributed by atoms with E-state index in [0.29, 0.717) is 24.0 Å². The summed E-state index contributed by atoms with van der Waals surface area (Å²) in [6.45, 7) is 6.47. The summed E-state index contributed by atoms with van der Waals surface area (Å²) in [5, 5.41) is 11.0. The third-order valence-corrected chi connectivity index (χ3v) is 4.40. The van der Waals surface area contributed by atoms with Crippen molar-refractivity contribution in [3.63, 3.8) is 0 Å². The molecule has 1 N–H and O–H groups in total. The van der Waals surface area contributed by atoms with Crippen LogP contribution in [0.25, 0.3) is 11.5 Å². The molecule has 0 unspecified atom stereocenters. The molecule has 0 aliphatic rings. The maximum atomic E-state index is 12.2.